The number of aliphatic carboxylic acids is 1. The number of carboxylic acids is 1. The van der Waals surface area contributed by atoms with E-state index in [1.807, 2.05) is 7.05 Å². The molecule has 0 aliphatic heterocycles. The molecule has 0 unspecified atom stereocenters. The molecule has 1 aromatic heterocycles. The minimum Gasteiger partial charge on any atom is -0.481 e. The maximum absolute atomic E-state index is 10.7. The fourth-order valence-corrected chi connectivity index (χ4v) is 1.74. The standard InChI is InChI=1S/C8H11N3O2/c1-11-7-3-2-5(8(12)13)4-6(7)9-10-11/h5H,2-4H2,1H3,(H,12,13)/t5-/m1/s1. The summed E-state index contributed by atoms with van der Waals surface area (Å²) < 4.78 is 1.73. The van der Waals surface area contributed by atoms with E-state index in [0.717, 1.165) is 17.8 Å². The molecule has 0 radical (unpaired) electrons. The molecule has 1 N–H and O–H groups in total. The van der Waals surface area contributed by atoms with Gasteiger partial charge >= 0.3 is 5.97 Å². The molecular formula is C8H11N3O2. The van der Waals surface area contributed by atoms with Crippen molar-refractivity contribution in [3.8, 4) is 0 Å². The molecule has 0 amide bonds. The highest BCUT2D eigenvalue weighted by Gasteiger charge is 2.27. The Morgan fingerprint density at radius 3 is 3.15 bits per heavy atom. The average Bonchev–Trinajstić information content (AvgIpc) is 2.47. The van der Waals surface area contributed by atoms with Gasteiger partial charge < -0.3 is 5.11 Å². The van der Waals surface area contributed by atoms with Crippen molar-refractivity contribution in [2.45, 2.75) is 19.3 Å². The van der Waals surface area contributed by atoms with Crippen LogP contribution in [-0.4, -0.2) is 26.1 Å². The molecule has 1 aliphatic carbocycles. The van der Waals surface area contributed by atoms with Crippen molar-refractivity contribution in [2.75, 3.05) is 0 Å². The Hall–Kier alpha value is -1.39. The van der Waals surface area contributed by atoms with Gasteiger partial charge in [0.15, 0.2) is 0 Å². The lowest BCUT2D eigenvalue weighted by Crippen LogP contribution is -2.22. The highest BCUT2D eigenvalue weighted by Crippen LogP contribution is 2.23. The second kappa shape index (κ2) is 2.83. The number of hydrogen-bond acceptors (Lipinski definition) is 3. The summed E-state index contributed by atoms with van der Waals surface area (Å²) in [5.74, 6) is -1.000. The molecular weight excluding hydrogens is 170 g/mol. The lowest BCUT2D eigenvalue weighted by atomic mass is 9.90. The summed E-state index contributed by atoms with van der Waals surface area (Å²) in [7, 11) is 1.84. The highest BCUT2D eigenvalue weighted by molar-refractivity contribution is 5.70. The van der Waals surface area contributed by atoms with Gasteiger partial charge in [-0.3, -0.25) is 9.48 Å². The van der Waals surface area contributed by atoms with Crippen molar-refractivity contribution in [3.05, 3.63) is 11.4 Å². The van der Waals surface area contributed by atoms with Gasteiger partial charge in [-0.15, -0.1) is 5.10 Å². The number of hydrogen-bond donors (Lipinski definition) is 1. The predicted octanol–water partition coefficient (Wildman–Crippen LogP) is 0.00460. The molecule has 0 aromatic carbocycles. The largest absolute Gasteiger partial charge is 0.481 e. The molecule has 1 atom stereocenters. The lowest BCUT2D eigenvalue weighted by molar-refractivity contribution is -0.142. The SMILES string of the molecule is Cn1nnc2c1CC[C@@H](C(=O)O)C2. The normalized spacial score (nSPS) is 21.2. The molecule has 0 bridgehead atoms. The smallest absolute Gasteiger partial charge is 0.306 e. The van der Waals surface area contributed by atoms with Crippen molar-refractivity contribution < 1.29 is 9.90 Å². The Balaban J connectivity index is 2.25. The first-order chi connectivity index (χ1) is 6.18. The van der Waals surface area contributed by atoms with Crippen LogP contribution in [0.3, 0.4) is 0 Å². The van der Waals surface area contributed by atoms with Crippen molar-refractivity contribution in [3.63, 3.8) is 0 Å². The summed E-state index contributed by atoms with van der Waals surface area (Å²) in [5.41, 5.74) is 1.93. The zero-order valence-electron chi connectivity index (χ0n) is 7.40. The Bertz CT molecular complexity index is 345. The molecule has 70 valence electrons. The minimum absolute atomic E-state index is 0.274. The summed E-state index contributed by atoms with van der Waals surface area (Å²) in [4.78, 5) is 10.7. The molecule has 2 rings (SSSR count). The number of carboxylic acid groups (broad SMARTS) is 1. The van der Waals surface area contributed by atoms with Crippen LogP contribution in [0.2, 0.25) is 0 Å². The molecule has 0 saturated carbocycles. The van der Waals surface area contributed by atoms with Gasteiger partial charge in [0.1, 0.15) is 0 Å². The fourth-order valence-electron chi connectivity index (χ4n) is 1.74. The van der Waals surface area contributed by atoms with Crippen LogP contribution in [0.25, 0.3) is 0 Å². The summed E-state index contributed by atoms with van der Waals surface area (Å²) in [6, 6.07) is 0. The molecule has 1 aromatic rings. The van der Waals surface area contributed by atoms with Crippen molar-refractivity contribution >= 4 is 5.97 Å². The van der Waals surface area contributed by atoms with Crippen LogP contribution in [0, 0.1) is 5.92 Å². The van der Waals surface area contributed by atoms with Gasteiger partial charge in [-0.1, -0.05) is 5.21 Å². The topological polar surface area (TPSA) is 68.0 Å². The number of fused-ring (bicyclic) bond motifs is 1. The van der Waals surface area contributed by atoms with E-state index in [1.165, 1.54) is 0 Å². The Morgan fingerprint density at radius 2 is 2.46 bits per heavy atom. The van der Waals surface area contributed by atoms with Gasteiger partial charge in [-0.05, 0) is 12.8 Å². The molecule has 0 spiro atoms. The van der Waals surface area contributed by atoms with Crippen LogP contribution in [0.15, 0.2) is 0 Å². The van der Waals surface area contributed by atoms with E-state index in [4.69, 9.17) is 5.11 Å². The van der Waals surface area contributed by atoms with Gasteiger partial charge in [-0.2, -0.15) is 0 Å². The van der Waals surface area contributed by atoms with Crippen LogP contribution >= 0.6 is 0 Å². The van der Waals surface area contributed by atoms with Crippen LogP contribution < -0.4 is 0 Å². The van der Waals surface area contributed by atoms with Gasteiger partial charge in [0.05, 0.1) is 17.3 Å². The minimum atomic E-state index is -0.726. The summed E-state index contributed by atoms with van der Waals surface area (Å²) >= 11 is 0. The first kappa shape index (κ1) is 8.22. The van der Waals surface area contributed by atoms with Gasteiger partial charge in [0.25, 0.3) is 0 Å². The van der Waals surface area contributed by atoms with E-state index in [1.54, 1.807) is 4.68 Å². The molecule has 5 nitrogen and oxygen atoms in total. The number of nitrogens with zero attached hydrogens (tertiary/aromatic N) is 3. The van der Waals surface area contributed by atoms with Gasteiger partial charge in [0.2, 0.25) is 0 Å². The molecule has 1 aliphatic rings. The Morgan fingerprint density at radius 1 is 1.69 bits per heavy atom. The number of aromatic nitrogens is 3. The van der Waals surface area contributed by atoms with E-state index >= 15 is 0 Å². The van der Waals surface area contributed by atoms with Crippen molar-refractivity contribution in [1.82, 2.24) is 15.0 Å². The Kier molecular flexibility index (Phi) is 1.79. The monoisotopic (exact) mass is 181 g/mol. The molecule has 0 saturated heterocycles. The van der Waals surface area contributed by atoms with E-state index in [-0.39, 0.29) is 5.92 Å². The predicted molar refractivity (Wildman–Crippen MR) is 44.2 cm³/mol. The van der Waals surface area contributed by atoms with Crippen LogP contribution in [0.1, 0.15) is 17.8 Å². The fraction of sp³-hybridized carbons (Fsp3) is 0.625. The Labute approximate surface area is 75.4 Å². The number of rotatable bonds is 1. The third-order valence-electron chi connectivity index (χ3n) is 2.54. The third kappa shape index (κ3) is 1.30. The van der Waals surface area contributed by atoms with E-state index < -0.39 is 5.97 Å². The summed E-state index contributed by atoms with van der Waals surface area (Å²) in [5, 5.41) is 16.6. The second-order valence-electron chi connectivity index (χ2n) is 3.38. The lowest BCUT2D eigenvalue weighted by Gasteiger charge is -2.16. The van der Waals surface area contributed by atoms with Gasteiger partial charge in [-0.25, -0.2) is 0 Å². The molecule has 1 heterocycles. The van der Waals surface area contributed by atoms with E-state index in [9.17, 15) is 4.79 Å². The zero-order valence-corrected chi connectivity index (χ0v) is 7.40. The van der Waals surface area contributed by atoms with Crippen molar-refractivity contribution in [1.29, 1.82) is 0 Å². The first-order valence-corrected chi connectivity index (χ1v) is 4.28. The van der Waals surface area contributed by atoms with E-state index in [0.29, 0.717) is 12.8 Å². The van der Waals surface area contributed by atoms with E-state index in [2.05, 4.69) is 10.3 Å². The van der Waals surface area contributed by atoms with Crippen LogP contribution in [-0.2, 0) is 24.7 Å². The second-order valence-corrected chi connectivity index (χ2v) is 3.38. The number of aryl methyl sites for hydroxylation is 1. The maximum atomic E-state index is 10.7. The first-order valence-electron chi connectivity index (χ1n) is 4.28. The summed E-state index contributed by atoms with van der Waals surface area (Å²) in [6.45, 7) is 0. The van der Waals surface area contributed by atoms with Gasteiger partial charge in [0, 0.05) is 13.5 Å². The highest BCUT2D eigenvalue weighted by atomic mass is 16.4. The summed E-state index contributed by atoms with van der Waals surface area (Å²) in [6.07, 6.45) is 2.00. The number of carbonyl (C=O) groups is 1. The third-order valence-corrected chi connectivity index (χ3v) is 2.54. The average molecular weight is 181 g/mol. The molecule has 0 fully saturated rings. The molecule has 5 heteroatoms. The van der Waals surface area contributed by atoms with Crippen LogP contribution in [0.5, 0.6) is 0 Å². The van der Waals surface area contributed by atoms with Crippen LogP contribution in [0.4, 0.5) is 0 Å². The molecule has 13 heavy (non-hydrogen) atoms. The zero-order chi connectivity index (χ0) is 9.42. The maximum Gasteiger partial charge on any atom is 0.306 e. The van der Waals surface area contributed by atoms with Crippen molar-refractivity contribution in [2.24, 2.45) is 13.0 Å². The quantitative estimate of drug-likeness (QED) is 0.662.